The molecule has 0 saturated carbocycles. The Labute approximate surface area is 107 Å². The molecule has 0 bridgehead atoms. The maximum absolute atomic E-state index is 11.9. The van der Waals surface area contributed by atoms with E-state index in [1.54, 1.807) is 13.0 Å². The summed E-state index contributed by atoms with van der Waals surface area (Å²) in [5.41, 5.74) is 0.598. The summed E-state index contributed by atoms with van der Waals surface area (Å²) in [6, 6.07) is 1.67. The van der Waals surface area contributed by atoms with E-state index >= 15 is 0 Å². The van der Waals surface area contributed by atoms with Crippen LogP contribution < -0.4 is 5.32 Å². The van der Waals surface area contributed by atoms with Gasteiger partial charge in [0.1, 0.15) is 5.76 Å². The van der Waals surface area contributed by atoms with E-state index in [0.717, 1.165) is 6.54 Å². The van der Waals surface area contributed by atoms with Crippen LogP contribution in [-0.2, 0) is 0 Å². The van der Waals surface area contributed by atoms with Crippen molar-refractivity contribution in [2.45, 2.75) is 38.1 Å². The van der Waals surface area contributed by atoms with Crippen LogP contribution >= 0.6 is 0 Å². The molecule has 5 nitrogen and oxygen atoms in total. The average Bonchev–Trinajstić information content (AvgIpc) is 3.00. The molecule has 0 spiro atoms. The van der Waals surface area contributed by atoms with Crippen LogP contribution in [0.25, 0.3) is 0 Å². The molecule has 2 saturated heterocycles. The van der Waals surface area contributed by atoms with Gasteiger partial charge in [-0.2, -0.15) is 0 Å². The summed E-state index contributed by atoms with van der Waals surface area (Å²) in [5.74, 6) is 0.543. The molecule has 0 radical (unpaired) electrons. The van der Waals surface area contributed by atoms with Gasteiger partial charge in [0, 0.05) is 18.2 Å². The van der Waals surface area contributed by atoms with Crippen molar-refractivity contribution in [1.82, 2.24) is 15.4 Å². The third-order valence-electron chi connectivity index (χ3n) is 4.25. The lowest BCUT2D eigenvalue weighted by Crippen LogP contribution is -2.48. The molecule has 1 amide bonds. The molecular formula is C13H19N3O2. The van der Waals surface area contributed by atoms with Gasteiger partial charge in [0.05, 0.1) is 0 Å². The van der Waals surface area contributed by atoms with Crippen LogP contribution in [0.4, 0.5) is 0 Å². The zero-order chi connectivity index (χ0) is 12.6. The number of nitrogens with zero attached hydrogens (tertiary/aromatic N) is 2. The van der Waals surface area contributed by atoms with Gasteiger partial charge in [0.15, 0.2) is 5.69 Å². The zero-order valence-electron chi connectivity index (χ0n) is 10.7. The smallest absolute Gasteiger partial charge is 0.273 e. The Kier molecular flexibility index (Phi) is 2.86. The van der Waals surface area contributed by atoms with Crippen molar-refractivity contribution in [3.63, 3.8) is 0 Å². The molecule has 3 rings (SSSR count). The number of aromatic nitrogens is 1. The topological polar surface area (TPSA) is 58.4 Å². The van der Waals surface area contributed by atoms with Gasteiger partial charge in [-0.25, -0.2) is 0 Å². The van der Waals surface area contributed by atoms with E-state index in [2.05, 4.69) is 15.4 Å². The summed E-state index contributed by atoms with van der Waals surface area (Å²) in [6.07, 6.45) is 4.90. The number of hydrogen-bond donors (Lipinski definition) is 1. The van der Waals surface area contributed by atoms with Crippen LogP contribution in [0, 0.1) is 6.92 Å². The first kappa shape index (κ1) is 11.7. The van der Waals surface area contributed by atoms with Crippen LogP contribution in [0.2, 0.25) is 0 Å². The van der Waals surface area contributed by atoms with E-state index in [9.17, 15) is 4.79 Å². The van der Waals surface area contributed by atoms with Gasteiger partial charge in [-0.15, -0.1) is 0 Å². The van der Waals surface area contributed by atoms with Crippen LogP contribution in [0.5, 0.6) is 0 Å². The molecule has 0 aliphatic carbocycles. The second-order valence-corrected chi connectivity index (χ2v) is 5.42. The van der Waals surface area contributed by atoms with Crippen molar-refractivity contribution in [3.05, 3.63) is 17.5 Å². The molecule has 0 atom stereocenters. The molecule has 3 heterocycles. The number of nitrogens with one attached hydrogen (secondary N) is 1. The van der Waals surface area contributed by atoms with Gasteiger partial charge in [-0.3, -0.25) is 9.69 Å². The lowest BCUT2D eigenvalue weighted by atomic mass is 9.94. The molecule has 1 aromatic rings. The van der Waals surface area contributed by atoms with Gasteiger partial charge >= 0.3 is 0 Å². The summed E-state index contributed by atoms with van der Waals surface area (Å²) in [4.78, 5) is 14.5. The molecule has 2 fully saturated rings. The number of amides is 1. The van der Waals surface area contributed by atoms with Crippen molar-refractivity contribution in [2.24, 2.45) is 0 Å². The highest BCUT2D eigenvalue weighted by atomic mass is 16.5. The fourth-order valence-corrected chi connectivity index (χ4v) is 3.32. The van der Waals surface area contributed by atoms with E-state index in [4.69, 9.17) is 4.52 Å². The first-order valence-corrected chi connectivity index (χ1v) is 6.66. The summed E-state index contributed by atoms with van der Waals surface area (Å²) in [5, 5.41) is 6.76. The fraction of sp³-hybridized carbons (Fsp3) is 0.692. The van der Waals surface area contributed by atoms with Gasteiger partial charge in [0.2, 0.25) is 0 Å². The van der Waals surface area contributed by atoms with Crippen molar-refractivity contribution >= 4 is 5.91 Å². The van der Waals surface area contributed by atoms with Crippen LogP contribution in [0.3, 0.4) is 0 Å². The minimum atomic E-state index is -0.125. The second kappa shape index (κ2) is 4.39. The van der Waals surface area contributed by atoms with E-state index in [0.29, 0.717) is 11.5 Å². The van der Waals surface area contributed by atoms with Gasteiger partial charge < -0.3 is 9.84 Å². The molecular weight excluding hydrogens is 230 g/mol. The van der Waals surface area contributed by atoms with E-state index in [1.807, 2.05) is 0 Å². The normalized spacial score (nSPS) is 22.1. The number of rotatable bonds is 3. The van der Waals surface area contributed by atoms with E-state index in [1.165, 1.54) is 38.8 Å². The van der Waals surface area contributed by atoms with Crippen LogP contribution in [-0.4, -0.2) is 41.1 Å². The number of fused-ring (bicyclic) bond motifs is 1. The molecule has 1 aromatic heterocycles. The van der Waals surface area contributed by atoms with Crippen molar-refractivity contribution in [3.8, 4) is 0 Å². The van der Waals surface area contributed by atoms with Crippen LogP contribution in [0.15, 0.2) is 10.6 Å². The van der Waals surface area contributed by atoms with Crippen LogP contribution in [0.1, 0.15) is 41.9 Å². The predicted molar refractivity (Wildman–Crippen MR) is 66.3 cm³/mol. The molecule has 0 unspecified atom stereocenters. The molecule has 18 heavy (non-hydrogen) atoms. The maximum atomic E-state index is 11.9. The number of aryl methyl sites for hydroxylation is 1. The third kappa shape index (κ3) is 1.92. The Morgan fingerprint density at radius 2 is 2.22 bits per heavy atom. The molecule has 5 heteroatoms. The standard InChI is InChI=1S/C13H19N3O2/c1-10-8-11(15-18-10)12(17)14-9-13-4-2-6-16(13)7-3-5-13/h8H,2-7,9H2,1H3,(H,14,17). The summed E-state index contributed by atoms with van der Waals surface area (Å²) < 4.78 is 4.92. The highest BCUT2D eigenvalue weighted by molar-refractivity contribution is 5.92. The van der Waals surface area contributed by atoms with Crippen molar-refractivity contribution in [1.29, 1.82) is 0 Å². The highest BCUT2D eigenvalue weighted by Crippen LogP contribution is 2.38. The SMILES string of the molecule is Cc1cc(C(=O)NCC23CCCN2CCC3)no1. The molecule has 2 aliphatic rings. The Balaban J connectivity index is 1.62. The maximum Gasteiger partial charge on any atom is 0.273 e. The fourth-order valence-electron chi connectivity index (χ4n) is 3.32. The Morgan fingerprint density at radius 1 is 1.50 bits per heavy atom. The zero-order valence-corrected chi connectivity index (χ0v) is 10.7. The minimum Gasteiger partial charge on any atom is -0.361 e. The predicted octanol–water partition coefficient (Wildman–Crippen LogP) is 1.34. The Hall–Kier alpha value is -1.36. The largest absolute Gasteiger partial charge is 0.361 e. The Bertz CT molecular complexity index is 445. The second-order valence-electron chi connectivity index (χ2n) is 5.42. The van der Waals surface area contributed by atoms with Crippen molar-refractivity contribution in [2.75, 3.05) is 19.6 Å². The van der Waals surface area contributed by atoms with E-state index < -0.39 is 0 Å². The van der Waals surface area contributed by atoms with Crippen molar-refractivity contribution < 1.29 is 9.32 Å². The first-order chi connectivity index (χ1) is 8.70. The lowest BCUT2D eigenvalue weighted by Gasteiger charge is -2.32. The lowest BCUT2D eigenvalue weighted by molar-refractivity contribution is 0.0910. The van der Waals surface area contributed by atoms with Gasteiger partial charge in [0.25, 0.3) is 5.91 Å². The van der Waals surface area contributed by atoms with Gasteiger partial charge in [-0.1, -0.05) is 5.16 Å². The number of hydrogen-bond acceptors (Lipinski definition) is 4. The number of carbonyl (C=O) groups excluding carboxylic acids is 1. The molecule has 0 aromatic carbocycles. The molecule has 98 valence electrons. The quantitative estimate of drug-likeness (QED) is 0.878. The monoisotopic (exact) mass is 249 g/mol. The molecule has 2 aliphatic heterocycles. The summed E-state index contributed by atoms with van der Waals surface area (Å²) in [6.45, 7) is 4.88. The summed E-state index contributed by atoms with van der Waals surface area (Å²) >= 11 is 0. The Morgan fingerprint density at radius 3 is 2.83 bits per heavy atom. The molecule has 1 N–H and O–H groups in total. The average molecular weight is 249 g/mol. The minimum absolute atomic E-state index is 0.125. The van der Waals surface area contributed by atoms with Gasteiger partial charge in [-0.05, 0) is 45.7 Å². The third-order valence-corrected chi connectivity index (χ3v) is 4.25. The first-order valence-electron chi connectivity index (χ1n) is 6.66. The summed E-state index contributed by atoms with van der Waals surface area (Å²) in [7, 11) is 0. The highest BCUT2D eigenvalue weighted by Gasteiger charge is 2.44. The van der Waals surface area contributed by atoms with E-state index in [-0.39, 0.29) is 11.4 Å². The number of carbonyl (C=O) groups is 1.